The maximum absolute atomic E-state index is 11.1. The highest BCUT2D eigenvalue weighted by atomic mass is 16.6. The average Bonchev–Trinajstić information content (AvgIpc) is 2.86. The maximum atomic E-state index is 11.1. The van der Waals surface area contributed by atoms with Gasteiger partial charge < -0.3 is 5.32 Å². The van der Waals surface area contributed by atoms with Gasteiger partial charge in [-0.2, -0.15) is 0 Å². The Balaban J connectivity index is 2.13. The molecule has 0 aromatic heterocycles. The topological polar surface area (TPSA) is 102 Å². The van der Waals surface area contributed by atoms with Crippen molar-refractivity contribution in [1.82, 2.24) is 10.2 Å². The minimum atomic E-state index is -0.615. The van der Waals surface area contributed by atoms with Gasteiger partial charge in [-0.3, -0.25) is 25.1 Å². The van der Waals surface area contributed by atoms with Crippen molar-refractivity contribution in [1.29, 1.82) is 0 Å². The van der Waals surface area contributed by atoms with Crippen LogP contribution in [0.5, 0.6) is 0 Å². The van der Waals surface area contributed by atoms with Crippen LogP contribution >= 0.6 is 0 Å². The van der Waals surface area contributed by atoms with Crippen molar-refractivity contribution in [2.45, 2.75) is 13.0 Å². The predicted molar refractivity (Wildman–Crippen MR) is 77.1 cm³/mol. The highest BCUT2D eigenvalue weighted by Crippen LogP contribution is 2.27. The van der Waals surface area contributed by atoms with E-state index in [4.69, 9.17) is 0 Å². The standard InChI is InChI=1S/C13H18N4O4/c1-14-7-10-4-5-15(8-10)9-11-2-3-12(16(18)19)6-13(11)17(20)21/h2-3,6,10,14H,4-5,7-9H2,1H3. The molecule has 1 heterocycles. The number of nitro groups is 2. The summed E-state index contributed by atoms with van der Waals surface area (Å²) >= 11 is 0. The van der Waals surface area contributed by atoms with Crippen molar-refractivity contribution in [3.05, 3.63) is 44.0 Å². The van der Waals surface area contributed by atoms with Crippen LogP contribution in [-0.2, 0) is 6.54 Å². The normalized spacial score (nSPS) is 18.8. The fraction of sp³-hybridized carbons (Fsp3) is 0.538. The van der Waals surface area contributed by atoms with Crippen LogP contribution in [0.4, 0.5) is 11.4 Å². The third-order valence-corrected chi connectivity index (χ3v) is 3.73. The van der Waals surface area contributed by atoms with Crippen LogP contribution in [0, 0.1) is 26.1 Å². The number of non-ortho nitro benzene ring substituents is 1. The van der Waals surface area contributed by atoms with Gasteiger partial charge >= 0.3 is 0 Å². The van der Waals surface area contributed by atoms with E-state index in [2.05, 4.69) is 10.2 Å². The van der Waals surface area contributed by atoms with E-state index in [-0.39, 0.29) is 11.4 Å². The molecule has 1 aromatic carbocycles. The lowest BCUT2D eigenvalue weighted by atomic mass is 10.1. The minimum absolute atomic E-state index is 0.179. The SMILES string of the molecule is CNCC1CCN(Cc2ccc([N+](=O)[O-])cc2[N+](=O)[O-])C1. The molecule has 1 N–H and O–H groups in total. The summed E-state index contributed by atoms with van der Waals surface area (Å²) in [5.41, 5.74) is 0.0944. The van der Waals surface area contributed by atoms with Gasteiger partial charge in [-0.25, -0.2) is 0 Å². The highest BCUT2D eigenvalue weighted by molar-refractivity contribution is 5.49. The van der Waals surface area contributed by atoms with Crippen LogP contribution in [0.2, 0.25) is 0 Å². The molecule has 0 amide bonds. The van der Waals surface area contributed by atoms with E-state index in [1.165, 1.54) is 12.1 Å². The minimum Gasteiger partial charge on any atom is -0.319 e. The van der Waals surface area contributed by atoms with Gasteiger partial charge in [-0.1, -0.05) is 0 Å². The van der Waals surface area contributed by atoms with Crippen LogP contribution in [0.1, 0.15) is 12.0 Å². The van der Waals surface area contributed by atoms with E-state index in [1.807, 2.05) is 7.05 Å². The van der Waals surface area contributed by atoms with E-state index in [1.54, 1.807) is 0 Å². The van der Waals surface area contributed by atoms with E-state index in [0.29, 0.717) is 18.0 Å². The summed E-state index contributed by atoms with van der Waals surface area (Å²) in [5, 5.41) is 24.9. The van der Waals surface area contributed by atoms with Gasteiger partial charge in [-0.05, 0) is 38.5 Å². The monoisotopic (exact) mass is 294 g/mol. The molecule has 1 fully saturated rings. The van der Waals surface area contributed by atoms with Crippen LogP contribution < -0.4 is 5.32 Å². The second-order valence-corrected chi connectivity index (χ2v) is 5.27. The summed E-state index contributed by atoms with van der Waals surface area (Å²) < 4.78 is 0. The van der Waals surface area contributed by atoms with E-state index < -0.39 is 9.85 Å². The van der Waals surface area contributed by atoms with Crippen LogP contribution in [0.25, 0.3) is 0 Å². The molecule has 21 heavy (non-hydrogen) atoms. The third kappa shape index (κ3) is 3.73. The first kappa shape index (κ1) is 15.3. The number of nitrogens with one attached hydrogen (secondary N) is 1. The molecule has 8 nitrogen and oxygen atoms in total. The number of hydrogen-bond donors (Lipinski definition) is 1. The van der Waals surface area contributed by atoms with E-state index in [9.17, 15) is 20.2 Å². The summed E-state index contributed by atoms with van der Waals surface area (Å²) in [6.07, 6.45) is 1.06. The zero-order valence-corrected chi connectivity index (χ0v) is 11.8. The Labute approximate surface area is 122 Å². The number of hydrogen-bond acceptors (Lipinski definition) is 6. The lowest BCUT2D eigenvalue weighted by molar-refractivity contribution is -0.394. The maximum Gasteiger partial charge on any atom is 0.280 e. The molecule has 2 rings (SSSR count). The Bertz CT molecular complexity index is 549. The summed E-state index contributed by atoms with van der Waals surface area (Å²) in [4.78, 5) is 22.8. The first-order chi connectivity index (χ1) is 10.0. The van der Waals surface area contributed by atoms with Crippen LogP contribution in [0.3, 0.4) is 0 Å². The molecular weight excluding hydrogens is 276 g/mol. The van der Waals surface area contributed by atoms with Crippen molar-refractivity contribution >= 4 is 11.4 Å². The lowest BCUT2D eigenvalue weighted by Crippen LogP contribution is -2.24. The average molecular weight is 294 g/mol. The number of nitro benzene ring substituents is 2. The fourth-order valence-electron chi connectivity index (χ4n) is 2.72. The molecule has 0 radical (unpaired) electrons. The van der Waals surface area contributed by atoms with Gasteiger partial charge in [0.05, 0.1) is 15.9 Å². The van der Waals surface area contributed by atoms with Gasteiger partial charge in [0.25, 0.3) is 11.4 Å². The van der Waals surface area contributed by atoms with Crippen molar-refractivity contribution in [2.24, 2.45) is 5.92 Å². The smallest absolute Gasteiger partial charge is 0.280 e. The second-order valence-electron chi connectivity index (χ2n) is 5.27. The summed E-state index contributed by atoms with van der Waals surface area (Å²) in [7, 11) is 1.91. The number of likely N-dealkylation sites (tertiary alicyclic amines) is 1. The highest BCUT2D eigenvalue weighted by Gasteiger charge is 2.25. The fourth-order valence-corrected chi connectivity index (χ4v) is 2.72. The summed E-state index contributed by atoms with van der Waals surface area (Å²) in [6, 6.07) is 3.85. The molecule has 1 saturated heterocycles. The van der Waals surface area contributed by atoms with Gasteiger partial charge in [0.1, 0.15) is 0 Å². The summed E-state index contributed by atoms with van der Waals surface area (Å²) in [5.74, 6) is 0.548. The largest absolute Gasteiger partial charge is 0.319 e. The van der Waals surface area contributed by atoms with Gasteiger partial charge in [0.2, 0.25) is 0 Å². The first-order valence-corrected chi connectivity index (χ1v) is 6.80. The predicted octanol–water partition coefficient (Wildman–Crippen LogP) is 1.54. The molecule has 1 aromatic rings. The van der Waals surface area contributed by atoms with Crippen molar-refractivity contribution in [2.75, 3.05) is 26.7 Å². The van der Waals surface area contributed by atoms with E-state index in [0.717, 1.165) is 32.1 Å². The van der Waals surface area contributed by atoms with Crippen LogP contribution in [-0.4, -0.2) is 41.4 Å². The van der Waals surface area contributed by atoms with E-state index >= 15 is 0 Å². The molecule has 0 spiro atoms. The Morgan fingerprint density at radius 2 is 2.10 bits per heavy atom. The Morgan fingerprint density at radius 3 is 2.71 bits per heavy atom. The summed E-state index contributed by atoms with van der Waals surface area (Å²) in [6.45, 7) is 3.16. The Kier molecular flexibility index (Phi) is 4.81. The van der Waals surface area contributed by atoms with Crippen molar-refractivity contribution < 1.29 is 9.85 Å². The molecule has 114 valence electrons. The van der Waals surface area contributed by atoms with Crippen molar-refractivity contribution in [3.8, 4) is 0 Å². The van der Waals surface area contributed by atoms with Crippen molar-refractivity contribution in [3.63, 3.8) is 0 Å². The Morgan fingerprint density at radius 1 is 1.33 bits per heavy atom. The molecule has 1 atom stereocenters. The van der Waals surface area contributed by atoms with Gasteiger partial charge in [0, 0.05) is 24.7 Å². The lowest BCUT2D eigenvalue weighted by Gasteiger charge is -2.16. The molecule has 1 aliphatic heterocycles. The molecule has 0 aliphatic carbocycles. The zero-order valence-electron chi connectivity index (χ0n) is 11.8. The zero-order chi connectivity index (χ0) is 15.4. The molecule has 1 aliphatic rings. The Hall–Kier alpha value is -2.06. The molecule has 0 saturated carbocycles. The number of rotatable bonds is 6. The number of nitrogens with zero attached hydrogens (tertiary/aromatic N) is 3. The first-order valence-electron chi connectivity index (χ1n) is 6.80. The molecule has 0 bridgehead atoms. The van der Waals surface area contributed by atoms with Gasteiger partial charge in [0.15, 0.2) is 0 Å². The van der Waals surface area contributed by atoms with Gasteiger partial charge in [-0.15, -0.1) is 0 Å². The molecular formula is C13H18N4O4. The van der Waals surface area contributed by atoms with Crippen LogP contribution in [0.15, 0.2) is 18.2 Å². The number of benzene rings is 1. The quantitative estimate of drug-likeness (QED) is 0.631. The molecule has 1 unspecified atom stereocenters. The molecule has 8 heteroatoms. The third-order valence-electron chi connectivity index (χ3n) is 3.73. The second kappa shape index (κ2) is 6.59.